The zero-order valence-corrected chi connectivity index (χ0v) is 16.0. The van der Waals surface area contributed by atoms with Gasteiger partial charge in [-0.3, -0.25) is 4.79 Å². The van der Waals surface area contributed by atoms with E-state index in [1.165, 1.54) is 31.4 Å². The zero-order chi connectivity index (χ0) is 20.6. The molecule has 1 atom stereocenters. The molecule has 1 saturated heterocycles. The van der Waals surface area contributed by atoms with Crippen LogP contribution in [0.15, 0.2) is 42.5 Å². The van der Waals surface area contributed by atoms with Gasteiger partial charge in [-0.15, -0.1) is 0 Å². The number of aliphatic hydroxyl groups is 1. The molecule has 152 valence electrons. The maximum Gasteiger partial charge on any atom is 0.270 e. The van der Waals surface area contributed by atoms with Crippen molar-refractivity contribution < 1.29 is 23.4 Å². The number of halogens is 2. The third-order valence-electron chi connectivity index (χ3n) is 5.71. The van der Waals surface area contributed by atoms with Gasteiger partial charge < -0.3 is 19.7 Å². The lowest BCUT2D eigenvalue weighted by Gasteiger charge is -2.27. The van der Waals surface area contributed by atoms with Crippen molar-refractivity contribution in [3.8, 4) is 5.75 Å². The number of carbonyl (C=O) groups excluding carboxylic acids is 1. The van der Waals surface area contributed by atoms with Gasteiger partial charge in [0.15, 0.2) is 0 Å². The molecule has 29 heavy (non-hydrogen) atoms. The fraction of sp³-hybridized carbons (Fsp3) is 0.318. The van der Waals surface area contributed by atoms with Gasteiger partial charge in [-0.1, -0.05) is 12.1 Å². The van der Waals surface area contributed by atoms with Gasteiger partial charge in [0.2, 0.25) is 0 Å². The first-order chi connectivity index (χ1) is 13.9. The van der Waals surface area contributed by atoms with Gasteiger partial charge in [-0.05, 0) is 48.7 Å². The van der Waals surface area contributed by atoms with Crippen LogP contribution in [0.4, 0.5) is 8.78 Å². The van der Waals surface area contributed by atoms with E-state index in [-0.39, 0.29) is 29.5 Å². The summed E-state index contributed by atoms with van der Waals surface area (Å²) in [5.74, 6) is -0.532. The molecule has 1 aliphatic heterocycles. The highest BCUT2D eigenvalue weighted by atomic mass is 19.1. The number of nitrogens with one attached hydrogen (secondary N) is 1. The number of rotatable bonds is 5. The third-order valence-corrected chi connectivity index (χ3v) is 5.71. The molecule has 0 spiro atoms. The van der Waals surface area contributed by atoms with E-state index in [9.17, 15) is 18.7 Å². The molecule has 0 aliphatic carbocycles. The highest BCUT2D eigenvalue weighted by molar-refractivity contribution is 6.00. The van der Waals surface area contributed by atoms with Crippen molar-refractivity contribution in [3.63, 3.8) is 0 Å². The van der Waals surface area contributed by atoms with Crippen LogP contribution in [0.3, 0.4) is 0 Å². The van der Waals surface area contributed by atoms with Gasteiger partial charge >= 0.3 is 0 Å². The van der Waals surface area contributed by atoms with Crippen LogP contribution >= 0.6 is 0 Å². The van der Waals surface area contributed by atoms with Crippen LogP contribution in [0, 0.1) is 17.0 Å². The standard InChI is InChI=1S/C22H22F2N2O3/c1-29-19-7-6-17(24)20-16(19)10-18(25-20)21(28)26-9-8-22(12-26,13-27)11-14-2-4-15(23)5-3-14/h2-7,10,25,27H,8-9,11-13H2,1H3. The van der Waals surface area contributed by atoms with E-state index in [1.807, 2.05) is 0 Å². The number of carbonyl (C=O) groups is 1. The van der Waals surface area contributed by atoms with Crippen molar-refractivity contribution in [2.75, 3.05) is 26.8 Å². The van der Waals surface area contributed by atoms with Gasteiger partial charge in [0.05, 0.1) is 19.2 Å². The second kappa shape index (κ2) is 7.48. The van der Waals surface area contributed by atoms with Crippen LogP contribution < -0.4 is 4.74 Å². The highest BCUT2D eigenvalue weighted by Crippen LogP contribution is 2.35. The lowest BCUT2D eigenvalue weighted by atomic mass is 9.81. The molecule has 2 heterocycles. The van der Waals surface area contributed by atoms with E-state index in [1.54, 1.807) is 23.1 Å². The largest absolute Gasteiger partial charge is 0.496 e. The van der Waals surface area contributed by atoms with Crippen molar-refractivity contribution in [1.82, 2.24) is 9.88 Å². The number of amides is 1. The van der Waals surface area contributed by atoms with Crippen molar-refractivity contribution in [1.29, 1.82) is 0 Å². The van der Waals surface area contributed by atoms with E-state index in [2.05, 4.69) is 4.98 Å². The molecule has 2 N–H and O–H groups in total. The monoisotopic (exact) mass is 400 g/mol. The highest BCUT2D eigenvalue weighted by Gasteiger charge is 2.40. The Bertz CT molecular complexity index is 1050. The summed E-state index contributed by atoms with van der Waals surface area (Å²) in [6.07, 6.45) is 1.17. The summed E-state index contributed by atoms with van der Waals surface area (Å²) in [7, 11) is 1.49. The van der Waals surface area contributed by atoms with E-state index >= 15 is 0 Å². The topological polar surface area (TPSA) is 65.6 Å². The Morgan fingerprint density at radius 1 is 1.24 bits per heavy atom. The fourth-order valence-electron chi connectivity index (χ4n) is 4.10. The molecular weight excluding hydrogens is 378 g/mol. The van der Waals surface area contributed by atoms with Crippen LogP contribution in [0.25, 0.3) is 10.9 Å². The summed E-state index contributed by atoms with van der Waals surface area (Å²) >= 11 is 0. The smallest absolute Gasteiger partial charge is 0.270 e. The van der Waals surface area contributed by atoms with Crippen LogP contribution in [0.1, 0.15) is 22.5 Å². The van der Waals surface area contributed by atoms with E-state index in [0.29, 0.717) is 37.1 Å². The molecule has 1 aliphatic rings. The van der Waals surface area contributed by atoms with Gasteiger partial charge in [-0.2, -0.15) is 0 Å². The van der Waals surface area contributed by atoms with Crippen LogP contribution in [-0.2, 0) is 6.42 Å². The third kappa shape index (κ3) is 3.58. The number of H-pyrrole nitrogens is 1. The molecule has 4 rings (SSSR count). The van der Waals surface area contributed by atoms with Crippen LogP contribution in [0.5, 0.6) is 5.75 Å². The summed E-state index contributed by atoms with van der Waals surface area (Å²) in [6, 6.07) is 10.6. The number of likely N-dealkylation sites (tertiary alicyclic amines) is 1. The number of nitrogens with zero attached hydrogens (tertiary/aromatic N) is 1. The number of fused-ring (bicyclic) bond motifs is 1. The summed E-state index contributed by atoms with van der Waals surface area (Å²) in [5.41, 5.74) is 0.931. The molecule has 1 aromatic heterocycles. The van der Waals surface area contributed by atoms with Crippen molar-refractivity contribution in [2.24, 2.45) is 5.41 Å². The first kappa shape index (κ1) is 19.4. The van der Waals surface area contributed by atoms with Gasteiger partial charge in [0.1, 0.15) is 23.1 Å². The minimum absolute atomic E-state index is 0.0801. The quantitative estimate of drug-likeness (QED) is 0.689. The molecular formula is C22H22F2N2O3. The molecule has 5 nitrogen and oxygen atoms in total. The predicted molar refractivity (Wildman–Crippen MR) is 105 cm³/mol. The van der Waals surface area contributed by atoms with Gasteiger partial charge in [0.25, 0.3) is 5.91 Å². The first-order valence-corrected chi connectivity index (χ1v) is 9.44. The number of aliphatic hydroxyl groups excluding tert-OH is 1. The lowest BCUT2D eigenvalue weighted by molar-refractivity contribution is 0.0735. The second-order valence-electron chi connectivity index (χ2n) is 7.66. The number of methoxy groups -OCH3 is 1. The lowest BCUT2D eigenvalue weighted by Crippen LogP contribution is -2.35. The van der Waals surface area contributed by atoms with E-state index in [4.69, 9.17) is 4.74 Å². The van der Waals surface area contributed by atoms with Crippen molar-refractivity contribution in [3.05, 3.63) is 65.4 Å². The number of hydrogen-bond donors (Lipinski definition) is 2. The molecule has 3 aromatic rings. The average Bonchev–Trinajstić information content (AvgIpc) is 3.36. The maximum atomic E-state index is 14.1. The Kier molecular flexibility index (Phi) is 5.00. The van der Waals surface area contributed by atoms with Crippen LogP contribution in [-0.4, -0.2) is 47.7 Å². The average molecular weight is 400 g/mol. The van der Waals surface area contributed by atoms with Gasteiger partial charge in [-0.25, -0.2) is 8.78 Å². The van der Waals surface area contributed by atoms with Gasteiger partial charge in [0, 0.05) is 23.9 Å². The Morgan fingerprint density at radius 2 is 2.00 bits per heavy atom. The molecule has 0 saturated carbocycles. The van der Waals surface area contributed by atoms with E-state index in [0.717, 1.165) is 5.56 Å². The normalized spacial score (nSPS) is 19.1. The number of benzene rings is 2. The first-order valence-electron chi connectivity index (χ1n) is 9.44. The molecule has 7 heteroatoms. The van der Waals surface area contributed by atoms with Crippen LogP contribution in [0.2, 0.25) is 0 Å². The maximum absolute atomic E-state index is 14.1. The van der Waals surface area contributed by atoms with E-state index < -0.39 is 11.2 Å². The summed E-state index contributed by atoms with van der Waals surface area (Å²) < 4.78 is 32.6. The Morgan fingerprint density at radius 3 is 2.69 bits per heavy atom. The number of ether oxygens (including phenoxy) is 1. The Balaban J connectivity index is 1.56. The summed E-state index contributed by atoms with van der Waals surface area (Å²) in [4.78, 5) is 17.6. The second-order valence-corrected chi connectivity index (χ2v) is 7.66. The Hall–Kier alpha value is -2.93. The SMILES string of the molecule is COc1ccc(F)c2[nH]c(C(=O)N3CCC(CO)(Cc4ccc(F)cc4)C3)cc12. The van der Waals surface area contributed by atoms with Crippen molar-refractivity contribution >= 4 is 16.8 Å². The predicted octanol–water partition coefficient (Wildman–Crippen LogP) is 3.52. The summed E-state index contributed by atoms with van der Waals surface area (Å²) in [6.45, 7) is 0.771. The molecule has 0 radical (unpaired) electrons. The minimum Gasteiger partial charge on any atom is -0.496 e. The molecule has 0 bridgehead atoms. The minimum atomic E-state index is -0.484. The Labute approximate surface area is 166 Å². The van der Waals surface area contributed by atoms with Crippen molar-refractivity contribution in [2.45, 2.75) is 12.8 Å². The fourth-order valence-corrected chi connectivity index (χ4v) is 4.10. The number of hydrogen-bond acceptors (Lipinski definition) is 3. The molecule has 1 fully saturated rings. The molecule has 1 amide bonds. The number of aromatic amines is 1. The molecule has 2 aromatic carbocycles. The molecule has 1 unspecified atom stereocenters. The zero-order valence-electron chi connectivity index (χ0n) is 16.0. The number of aromatic nitrogens is 1. The summed E-state index contributed by atoms with van der Waals surface area (Å²) in [5, 5.41) is 10.5.